The average molecular weight is 232 g/mol. The second kappa shape index (κ2) is 4.37. The summed E-state index contributed by atoms with van der Waals surface area (Å²) in [6, 6.07) is 3.86. The summed E-state index contributed by atoms with van der Waals surface area (Å²) in [7, 11) is 0. The Hall–Kier alpha value is -1.55. The highest BCUT2D eigenvalue weighted by molar-refractivity contribution is 5.87. The molecule has 0 aromatic carbocycles. The summed E-state index contributed by atoms with van der Waals surface area (Å²) in [4.78, 5) is 4.33. The van der Waals surface area contributed by atoms with Crippen LogP contribution in [0.5, 0.6) is 0 Å². The lowest BCUT2D eigenvalue weighted by Crippen LogP contribution is -2.36. The van der Waals surface area contributed by atoms with E-state index in [9.17, 15) is 5.11 Å². The summed E-state index contributed by atoms with van der Waals surface area (Å²) in [5.41, 5.74) is 0.827. The monoisotopic (exact) mass is 232 g/mol. The molecule has 4 heteroatoms. The first-order chi connectivity index (χ1) is 8.34. The van der Waals surface area contributed by atoms with Gasteiger partial charge in [0.05, 0.1) is 23.8 Å². The highest BCUT2D eigenvalue weighted by Gasteiger charge is 2.23. The van der Waals surface area contributed by atoms with Crippen LogP contribution in [0.2, 0.25) is 0 Å². The molecule has 2 heterocycles. The molecular weight excluding hydrogens is 216 g/mol. The third-order valence-electron chi connectivity index (χ3n) is 3.43. The standard InChI is InChI=1S/C13H16N2O2/c16-11-4-2-1-3-10(11)15-13-9-6-8-17-12(9)5-7-14-13/h5-8,10-11,16H,1-4H2,(H,14,15). The van der Waals surface area contributed by atoms with Crippen LogP contribution in [-0.2, 0) is 0 Å². The van der Waals surface area contributed by atoms with Gasteiger partial charge in [0.2, 0.25) is 0 Å². The Morgan fingerprint density at radius 2 is 2.18 bits per heavy atom. The van der Waals surface area contributed by atoms with Crippen molar-refractivity contribution < 1.29 is 9.52 Å². The molecule has 4 nitrogen and oxygen atoms in total. The first-order valence-corrected chi connectivity index (χ1v) is 6.11. The molecule has 90 valence electrons. The number of nitrogens with one attached hydrogen (secondary N) is 1. The van der Waals surface area contributed by atoms with E-state index in [-0.39, 0.29) is 12.1 Å². The molecule has 2 N–H and O–H groups in total. The van der Waals surface area contributed by atoms with E-state index < -0.39 is 0 Å². The van der Waals surface area contributed by atoms with E-state index in [4.69, 9.17) is 4.42 Å². The predicted molar refractivity (Wildman–Crippen MR) is 65.9 cm³/mol. The number of aliphatic hydroxyl groups excluding tert-OH is 1. The second-order valence-electron chi connectivity index (χ2n) is 4.59. The number of furan rings is 1. The van der Waals surface area contributed by atoms with Crippen molar-refractivity contribution >= 4 is 16.8 Å². The predicted octanol–water partition coefficient (Wildman–Crippen LogP) is 2.54. The van der Waals surface area contributed by atoms with Gasteiger partial charge in [-0.05, 0) is 25.0 Å². The molecular formula is C13H16N2O2. The van der Waals surface area contributed by atoms with Gasteiger partial charge in [0.25, 0.3) is 0 Å². The van der Waals surface area contributed by atoms with Crippen molar-refractivity contribution in [1.29, 1.82) is 0 Å². The number of fused-ring (bicyclic) bond motifs is 1. The van der Waals surface area contributed by atoms with Gasteiger partial charge in [-0.2, -0.15) is 0 Å². The molecule has 1 aliphatic carbocycles. The number of anilines is 1. The van der Waals surface area contributed by atoms with E-state index in [1.807, 2.05) is 12.1 Å². The Labute approximate surface area is 99.7 Å². The normalized spacial score (nSPS) is 25.0. The van der Waals surface area contributed by atoms with Gasteiger partial charge < -0.3 is 14.8 Å². The highest BCUT2D eigenvalue weighted by Crippen LogP contribution is 2.26. The maximum atomic E-state index is 9.94. The minimum Gasteiger partial charge on any atom is -0.464 e. The topological polar surface area (TPSA) is 58.3 Å². The Morgan fingerprint density at radius 3 is 3.06 bits per heavy atom. The summed E-state index contributed by atoms with van der Waals surface area (Å²) in [5.74, 6) is 0.808. The van der Waals surface area contributed by atoms with Gasteiger partial charge in [0.1, 0.15) is 11.4 Å². The average Bonchev–Trinajstić information content (AvgIpc) is 2.81. The molecule has 0 radical (unpaired) electrons. The maximum Gasteiger partial charge on any atom is 0.139 e. The summed E-state index contributed by atoms with van der Waals surface area (Å²) >= 11 is 0. The lowest BCUT2D eigenvalue weighted by atomic mass is 9.92. The summed E-state index contributed by atoms with van der Waals surface area (Å²) in [5, 5.41) is 14.3. The van der Waals surface area contributed by atoms with Gasteiger partial charge in [-0.1, -0.05) is 12.8 Å². The van der Waals surface area contributed by atoms with Crippen molar-refractivity contribution in [3.05, 3.63) is 24.6 Å². The molecule has 1 fully saturated rings. The molecule has 3 rings (SSSR count). The van der Waals surface area contributed by atoms with Crippen molar-refractivity contribution in [2.45, 2.75) is 37.8 Å². The highest BCUT2D eigenvalue weighted by atomic mass is 16.3. The van der Waals surface area contributed by atoms with Crippen molar-refractivity contribution in [2.24, 2.45) is 0 Å². The lowest BCUT2D eigenvalue weighted by molar-refractivity contribution is 0.116. The summed E-state index contributed by atoms with van der Waals surface area (Å²) in [6.07, 6.45) is 7.26. The number of hydrogen-bond donors (Lipinski definition) is 2. The fraction of sp³-hybridized carbons (Fsp3) is 0.462. The molecule has 2 unspecified atom stereocenters. The van der Waals surface area contributed by atoms with Crippen LogP contribution >= 0.6 is 0 Å². The zero-order chi connectivity index (χ0) is 11.7. The van der Waals surface area contributed by atoms with Gasteiger partial charge in [-0.25, -0.2) is 4.98 Å². The molecule has 17 heavy (non-hydrogen) atoms. The number of aliphatic hydroxyl groups is 1. The van der Waals surface area contributed by atoms with Crippen LogP contribution in [0.15, 0.2) is 29.0 Å². The number of hydrogen-bond acceptors (Lipinski definition) is 4. The molecule has 2 atom stereocenters. The Bertz CT molecular complexity index is 509. The van der Waals surface area contributed by atoms with Gasteiger partial charge in [0, 0.05) is 6.20 Å². The number of pyridine rings is 1. The molecule has 1 aliphatic rings. The van der Waals surface area contributed by atoms with Crippen LogP contribution in [0.3, 0.4) is 0 Å². The van der Waals surface area contributed by atoms with E-state index in [0.29, 0.717) is 0 Å². The van der Waals surface area contributed by atoms with Crippen LogP contribution in [-0.4, -0.2) is 22.2 Å². The Kier molecular flexibility index (Phi) is 2.73. The largest absolute Gasteiger partial charge is 0.464 e. The van der Waals surface area contributed by atoms with Crippen molar-refractivity contribution in [1.82, 2.24) is 4.98 Å². The molecule has 0 bridgehead atoms. The van der Waals surface area contributed by atoms with E-state index in [0.717, 1.165) is 42.5 Å². The SMILES string of the molecule is OC1CCCCC1Nc1nccc2occc12. The number of aromatic nitrogens is 1. The van der Waals surface area contributed by atoms with E-state index >= 15 is 0 Å². The first-order valence-electron chi connectivity index (χ1n) is 6.11. The molecule has 0 saturated heterocycles. The van der Waals surface area contributed by atoms with Crippen LogP contribution in [0.25, 0.3) is 11.0 Å². The molecule has 1 saturated carbocycles. The quantitative estimate of drug-likeness (QED) is 0.835. The fourth-order valence-corrected chi connectivity index (χ4v) is 2.47. The number of nitrogens with zero attached hydrogens (tertiary/aromatic N) is 1. The fourth-order valence-electron chi connectivity index (χ4n) is 2.47. The third-order valence-corrected chi connectivity index (χ3v) is 3.43. The molecule has 2 aromatic heterocycles. The Balaban J connectivity index is 1.86. The first kappa shape index (κ1) is 10.6. The van der Waals surface area contributed by atoms with E-state index in [2.05, 4.69) is 10.3 Å². The summed E-state index contributed by atoms with van der Waals surface area (Å²) in [6.45, 7) is 0. The van der Waals surface area contributed by atoms with Crippen LogP contribution in [0.4, 0.5) is 5.82 Å². The van der Waals surface area contributed by atoms with E-state index in [1.54, 1.807) is 12.5 Å². The third kappa shape index (κ3) is 2.00. The van der Waals surface area contributed by atoms with Crippen molar-refractivity contribution in [3.8, 4) is 0 Å². The van der Waals surface area contributed by atoms with Gasteiger partial charge in [-0.15, -0.1) is 0 Å². The van der Waals surface area contributed by atoms with Gasteiger partial charge >= 0.3 is 0 Å². The maximum absolute atomic E-state index is 9.94. The molecule has 0 spiro atoms. The minimum absolute atomic E-state index is 0.108. The molecule has 0 aliphatic heterocycles. The zero-order valence-corrected chi connectivity index (χ0v) is 9.60. The summed E-state index contributed by atoms with van der Waals surface area (Å²) < 4.78 is 5.33. The van der Waals surface area contributed by atoms with Crippen LogP contribution in [0, 0.1) is 0 Å². The Morgan fingerprint density at radius 1 is 1.29 bits per heavy atom. The molecule has 2 aromatic rings. The van der Waals surface area contributed by atoms with Crippen molar-refractivity contribution in [2.75, 3.05) is 5.32 Å². The van der Waals surface area contributed by atoms with Crippen molar-refractivity contribution in [3.63, 3.8) is 0 Å². The van der Waals surface area contributed by atoms with Crippen LogP contribution in [0.1, 0.15) is 25.7 Å². The minimum atomic E-state index is -0.271. The van der Waals surface area contributed by atoms with E-state index in [1.165, 1.54) is 0 Å². The zero-order valence-electron chi connectivity index (χ0n) is 9.60. The van der Waals surface area contributed by atoms with Gasteiger partial charge in [-0.3, -0.25) is 0 Å². The lowest BCUT2D eigenvalue weighted by Gasteiger charge is -2.28. The van der Waals surface area contributed by atoms with Gasteiger partial charge in [0.15, 0.2) is 0 Å². The smallest absolute Gasteiger partial charge is 0.139 e. The second-order valence-corrected chi connectivity index (χ2v) is 4.59. The number of rotatable bonds is 2. The van der Waals surface area contributed by atoms with Crippen LogP contribution < -0.4 is 5.32 Å². The molecule has 0 amide bonds.